The minimum atomic E-state index is -4.79. The van der Waals surface area contributed by atoms with Crippen LogP contribution in [-0.2, 0) is 0 Å². The molecule has 0 amide bonds. The Bertz CT molecular complexity index is 1110. The number of fused-ring (bicyclic) bond motifs is 1. The summed E-state index contributed by atoms with van der Waals surface area (Å²) in [5.74, 6) is -0.926. The van der Waals surface area contributed by atoms with Gasteiger partial charge < -0.3 is 15.2 Å². The van der Waals surface area contributed by atoms with E-state index >= 15 is 0 Å². The zero-order valence-corrected chi connectivity index (χ0v) is 14.7. The van der Waals surface area contributed by atoms with Gasteiger partial charge in [0.15, 0.2) is 0 Å². The number of nitrogens with zero attached hydrogens (tertiary/aromatic N) is 2. The molecule has 0 saturated heterocycles. The second-order valence-corrected chi connectivity index (χ2v) is 6.23. The van der Waals surface area contributed by atoms with Gasteiger partial charge in [-0.15, -0.1) is 18.3 Å². The Morgan fingerprint density at radius 3 is 2.41 bits per heavy atom. The zero-order chi connectivity index (χ0) is 20.6. The Morgan fingerprint density at radius 2 is 1.79 bits per heavy atom. The molecule has 1 aromatic heterocycles. The maximum absolute atomic E-state index is 12.4. The molecule has 2 heterocycles. The highest BCUT2D eigenvalue weighted by Crippen LogP contribution is 2.45. The Hall–Kier alpha value is -3.93. The molecule has 1 atom stereocenters. The molecule has 146 valence electrons. The van der Waals surface area contributed by atoms with E-state index in [4.69, 9.17) is 10.5 Å². The van der Waals surface area contributed by atoms with Crippen LogP contribution in [0.3, 0.4) is 0 Å². The fourth-order valence-electron chi connectivity index (χ4n) is 3.27. The predicted molar refractivity (Wildman–Crippen MR) is 96.4 cm³/mol. The van der Waals surface area contributed by atoms with Crippen molar-refractivity contribution in [1.29, 1.82) is 5.26 Å². The van der Waals surface area contributed by atoms with Crippen molar-refractivity contribution in [3.05, 3.63) is 77.2 Å². The van der Waals surface area contributed by atoms with Crippen molar-refractivity contribution in [2.75, 3.05) is 0 Å². The first kappa shape index (κ1) is 18.4. The predicted octanol–water partition coefficient (Wildman–Crippen LogP) is 4.19. The number of allylic oxidation sites excluding steroid dienone is 1. The lowest BCUT2D eigenvalue weighted by Crippen LogP contribution is -2.21. The van der Waals surface area contributed by atoms with Crippen LogP contribution >= 0.6 is 0 Å². The Morgan fingerprint density at radius 1 is 1.10 bits per heavy atom. The third-order valence-corrected chi connectivity index (χ3v) is 4.45. The van der Waals surface area contributed by atoms with Crippen LogP contribution in [0.5, 0.6) is 11.6 Å². The smallest absolute Gasteiger partial charge is 0.420 e. The van der Waals surface area contributed by atoms with Gasteiger partial charge in [-0.3, -0.25) is 5.10 Å². The maximum Gasteiger partial charge on any atom is 0.573 e. The third-order valence-electron chi connectivity index (χ3n) is 4.45. The van der Waals surface area contributed by atoms with Gasteiger partial charge in [0.25, 0.3) is 0 Å². The molecule has 29 heavy (non-hydrogen) atoms. The lowest BCUT2D eigenvalue weighted by molar-refractivity contribution is -0.274. The molecule has 0 fully saturated rings. The average molecular weight is 398 g/mol. The molecule has 1 aliphatic heterocycles. The van der Waals surface area contributed by atoms with Crippen molar-refractivity contribution in [3.63, 3.8) is 0 Å². The summed E-state index contributed by atoms with van der Waals surface area (Å²) < 4.78 is 46.7. The van der Waals surface area contributed by atoms with Gasteiger partial charge in [-0.05, 0) is 23.3 Å². The Kier molecular flexibility index (Phi) is 4.39. The van der Waals surface area contributed by atoms with Crippen molar-refractivity contribution in [2.45, 2.75) is 12.3 Å². The van der Waals surface area contributed by atoms with Crippen LogP contribution in [0.4, 0.5) is 13.2 Å². The first-order valence-electron chi connectivity index (χ1n) is 8.44. The largest absolute Gasteiger partial charge is 0.573 e. The number of nitrogens with one attached hydrogen (secondary N) is 1. The molecule has 0 aliphatic carbocycles. The normalized spacial score (nSPS) is 16.0. The number of hydrogen-bond donors (Lipinski definition) is 2. The first-order chi connectivity index (χ1) is 13.9. The second-order valence-electron chi connectivity index (χ2n) is 6.23. The van der Waals surface area contributed by atoms with Crippen LogP contribution in [0, 0.1) is 11.3 Å². The number of halogens is 3. The van der Waals surface area contributed by atoms with Crippen molar-refractivity contribution >= 4 is 0 Å². The summed E-state index contributed by atoms with van der Waals surface area (Å²) in [6.07, 6.45) is -4.79. The molecule has 0 spiro atoms. The highest BCUT2D eigenvalue weighted by atomic mass is 19.4. The fraction of sp³-hybridized carbons (Fsp3) is 0.100. The topological polar surface area (TPSA) is 97.0 Å². The average Bonchev–Trinajstić information content (AvgIpc) is 3.10. The monoisotopic (exact) mass is 398 g/mol. The summed E-state index contributed by atoms with van der Waals surface area (Å²) in [4.78, 5) is 0. The SMILES string of the molecule is N#CC1=C(N)Oc2n[nH]c(-c3ccccc3)c2[C@@H]1c1ccc(OC(F)(F)F)cc1. The van der Waals surface area contributed by atoms with Gasteiger partial charge in [-0.2, -0.15) is 5.26 Å². The maximum atomic E-state index is 12.4. The highest BCUT2D eigenvalue weighted by Gasteiger charge is 2.36. The summed E-state index contributed by atoms with van der Waals surface area (Å²) in [7, 11) is 0. The summed E-state index contributed by atoms with van der Waals surface area (Å²) in [5, 5.41) is 16.7. The molecule has 0 bridgehead atoms. The first-order valence-corrected chi connectivity index (χ1v) is 8.44. The van der Waals surface area contributed by atoms with Crippen LogP contribution in [0.2, 0.25) is 0 Å². The molecule has 3 aromatic rings. The van der Waals surface area contributed by atoms with Gasteiger partial charge in [0, 0.05) is 0 Å². The molecular weight excluding hydrogens is 385 g/mol. The number of rotatable bonds is 3. The minimum absolute atomic E-state index is 0.105. The van der Waals surface area contributed by atoms with E-state index in [0.717, 1.165) is 5.56 Å². The van der Waals surface area contributed by atoms with Crippen molar-refractivity contribution < 1.29 is 22.6 Å². The molecule has 9 heteroatoms. The van der Waals surface area contributed by atoms with Crippen LogP contribution in [0.15, 0.2) is 66.1 Å². The quantitative estimate of drug-likeness (QED) is 0.689. The molecular formula is C20H13F3N4O2. The zero-order valence-electron chi connectivity index (χ0n) is 14.7. The minimum Gasteiger partial charge on any atom is -0.420 e. The number of benzene rings is 2. The van der Waals surface area contributed by atoms with E-state index in [-0.39, 0.29) is 23.1 Å². The van der Waals surface area contributed by atoms with Gasteiger partial charge in [-0.25, -0.2) is 0 Å². The van der Waals surface area contributed by atoms with Gasteiger partial charge in [0.2, 0.25) is 11.8 Å². The van der Waals surface area contributed by atoms with Gasteiger partial charge in [0.1, 0.15) is 17.4 Å². The van der Waals surface area contributed by atoms with E-state index < -0.39 is 12.3 Å². The molecule has 0 saturated carbocycles. The second kappa shape index (κ2) is 6.91. The Balaban J connectivity index is 1.82. The van der Waals surface area contributed by atoms with Crippen molar-refractivity contribution in [3.8, 4) is 29.0 Å². The molecule has 0 unspecified atom stereocenters. The highest BCUT2D eigenvalue weighted by molar-refractivity contribution is 5.70. The van der Waals surface area contributed by atoms with E-state index in [9.17, 15) is 18.4 Å². The number of H-pyrrole nitrogens is 1. The van der Waals surface area contributed by atoms with Crippen LogP contribution in [-0.4, -0.2) is 16.6 Å². The number of nitrogens with two attached hydrogens (primary N) is 1. The number of ether oxygens (including phenoxy) is 2. The molecule has 4 rings (SSSR count). The van der Waals surface area contributed by atoms with Crippen LogP contribution < -0.4 is 15.2 Å². The van der Waals surface area contributed by atoms with Crippen LogP contribution in [0.25, 0.3) is 11.3 Å². The number of hydrogen-bond acceptors (Lipinski definition) is 5. The molecule has 3 N–H and O–H groups in total. The van der Waals surface area contributed by atoms with Gasteiger partial charge >= 0.3 is 6.36 Å². The van der Waals surface area contributed by atoms with E-state index in [2.05, 4.69) is 14.9 Å². The van der Waals surface area contributed by atoms with Gasteiger partial charge in [-0.1, -0.05) is 42.5 Å². The molecule has 6 nitrogen and oxygen atoms in total. The Labute approximate surface area is 163 Å². The van der Waals surface area contributed by atoms with Crippen molar-refractivity contribution in [2.24, 2.45) is 5.73 Å². The lowest BCUT2D eigenvalue weighted by atomic mass is 9.83. The summed E-state index contributed by atoms with van der Waals surface area (Å²) in [6, 6.07) is 16.6. The number of aromatic amines is 1. The fourth-order valence-corrected chi connectivity index (χ4v) is 3.27. The van der Waals surface area contributed by atoms with E-state index in [1.165, 1.54) is 24.3 Å². The van der Waals surface area contributed by atoms with E-state index in [0.29, 0.717) is 16.8 Å². The lowest BCUT2D eigenvalue weighted by Gasteiger charge is -2.24. The third kappa shape index (κ3) is 3.48. The number of aromatic nitrogens is 2. The number of nitriles is 1. The van der Waals surface area contributed by atoms with Crippen molar-refractivity contribution in [1.82, 2.24) is 10.2 Å². The summed E-state index contributed by atoms with van der Waals surface area (Å²) in [5.41, 5.74) is 8.60. The summed E-state index contributed by atoms with van der Waals surface area (Å²) in [6.45, 7) is 0. The van der Waals surface area contributed by atoms with Gasteiger partial charge in [0.05, 0.1) is 17.2 Å². The van der Waals surface area contributed by atoms with Crippen LogP contribution in [0.1, 0.15) is 17.0 Å². The summed E-state index contributed by atoms with van der Waals surface area (Å²) >= 11 is 0. The number of alkyl halides is 3. The molecule has 0 radical (unpaired) electrons. The molecule has 1 aliphatic rings. The van der Waals surface area contributed by atoms with E-state index in [1.807, 2.05) is 36.4 Å². The molecule has 2 aromatic carbocycles. The standard InChI is InChI=1S/C20H13F3N4O2/c21-20(22,23)29-13-8-6-11(7-9-13)15-14(10-24)18(25)28-19-16(15)17(26-27-19)12-4-2-1-3-5-12/h1-9,15H,25H2,(H,26,27)/t15-/m1/s1. The van der Waals surface area contributed by atoms with E-state index in [1.54, 1.807) is 0 Å².